The summed E-state index contributed by atoms with van der Waals surface area (Å²) in [6, 6.07) is 2.64. The molecule has 0 aromatic carbocycles. The Bertz CT molecular complexity index is 485. The highest BCUT2D eigenvalue weighted by molar-refractivity contribution is 7.12. The first kappa shape index (κ1) is 14.3. The Hall–Kier alpha value is -0.620. The fourth-order valence-electron chi connectivity index (χ4n) is 3.10. The van der Waals surface area contributed by atoms with Crippen molar-refractivity contribution in [2.45, 2.75) is 31.3 Å². The monoisotopic (exact) mass is 313 g/mol. The molecule has 0 radical (unpaired) electrons. The van der Waals surface area contributed by atoms with Gasteiger partial charge in [0.1, 0.15) is 4.88 Å². The van der Waals surface area contributed by atoms with Gasteiger partial charge in [-0.2, -0.15) is 0 Å². The second kappa shape index (κ2) is 6.02. The third-order valence-corrected chi connectivity index (χ3v) is 5.68. The molecule has 3 heterocycles. The van der Waals surface area contributed by atoms with E-state index in [0.29, 0.717) is 22.0 Å². The van der Waals surface area contributed by atoms with Crippen molar-refractivity contribution in [3.63, 3.8) is 0 Å². The van der Waals surface area contributed by atoms with Gasteiger partial charge in [-0.25, -0.2) is 0 Å². The van der Waals surface area contributed by atoms with Crippen LogP contribution >= 0.6 is 22.9 Å². The van der Waals surface area contributed by atoms with E-state index in [2.05, 4.69) is 4.90 Å². The number of halogens is 1. The lowest BCUT2D eigenvalue weighted by atomic mass is 10.0. The van der Waals surface area contributed by atoms with Gasteiger partial charge in [0.15, 0.2) is 0 Å². The van der Waals surface area contributed by atoms with Gasteiger partial charge in [0, 0.05) is 25.2 Å². The van der Waals surface area contributed by atoms with E-state index in [1.165, 1.54) is 11.3 Å². The van der Waals surface area contributed by atoms with Gasteiger partial charge in [-0.1, -0.05) is 11.6 Å². The predicted octanol–water partition coefficient (Wildman–Crippen LogP) is 2.04. The maximum Gasteiger partial charge on any atom is 0.265 e. The Morgan fingerprint density at radius 3 is 2.70 bits per heavy atom. The van der Waals surface area contributed by atoms with E-state index < -0.39 is 0 Å². The summed E-state index contributed by atoms with van der Waals surface area (Å²) in [6.45, 7) is 3.78. The summed E-state index contributed by atoms with van der Waals surface area (Å²) >= 11 is 7.48. The molecule has 6 heteroatoms. The highest BCUT2D eigenvalue weighted by Crippen LogP contribution is 2.27. The summed E-state index contributed by atoms with van der Waals surface area (Å²) in [4.78, 5) is 17.5. The molecular formula is C14H20ClN3OS. The molecule has 1 amide bonds. The molecule has 2 aliphatic heterocycles. The second-order valence-electron chi connectivity index (χ2n) is 5.66. The van der Waals surface area contributed by atoms with E-state index in [4.69, 9.17) is 17.3 Å². The van der Waals surface area contributed by atoms with Crippen molar-refractivity contribution in [2.24, 2.45) is 5.73 Å². The van der Waals surface area contributed by atoms with Gasteiger partial charge < -0.3 is 10.6 Å². The van der Waals surface area contributed by atoms with Crippen molar-refractivity contribution in [3.05, 3.63) is 21.3 Å². The molecule has 0 spiro atoms. The average Bonchev–Trinajstić information content (AvgIpc) is 3.08. The van der Waals surface area contributed by atoms with Crippen molar-refractivity contribution in [3.8, 4) is 0 Å². The van der Waals surface area contributed by atoms with Crippen LogP contribution in [-0.4, -0.2) is 54.0 Å². The number of carbonyl (C=O) groups is 1. The first-order valence-corrected chi connectivity index (χ1v) is 8.43. The van der Waals surface area contributed by atoms with Crippen LogP contribution in [0.3, 0.4) is 0 Å². The number of thiophene rings is 1. The van der Waals surface area contributed by atoms with Gasteiger partial charge in [-0.05, 0) is 43.8 Å². The van der Waals surface area contributed by atoms with Gasteiger partial charge >= 0.3 is 0 Å². The van der Waals surface area contributed by atoms with Gasteiger partial charge in [0.05, 0.1) is 5.02 Å². The minimum Gasteiger partial charge on any atom is -0.336 e. The summed E-state index contributed by atoms with van der Waals surface area (Å²) in [5.74, 6) is 0.0845. The Kier molecular flexibility index (Phi) is 4.31. The van der Waals surface area contributed by atoms with E-state index >= 15 is 0 Å². The molecule has 1 atom stereocenters. The van der Waals surface area contributed by atoms with Crippen molar-refractivity contribution in [1.82, 2.24) is 9.80 Å². The molecule has 0 aliphatic carbocycles. The third kappa shape index (κ3) is 2.86. The molecule has 2 fully saturated rings. The molecular weight excluding hydrogens is 294 g/mol. The number of carbonyl (C=O) groups excluding carboxylic acids is 1. The summed E-state index contributed by atoms with van der Waals surface area (Å²) < 4.78 is 0. The molecule has 4 nitrogen and oxygen atoms in total. The summed E-state index contributed by atoms with van der Waals surface area (Å²) in [7, 11) is 0. The Balaban J connectivity index is 1.59. The summed E-state index contributed by atoms with van der Waals surface area (Å²) in [5.41, 5.74) is 5.95. The maximum atomic E-state index is 12.4. The molecule has 3 rings (SSSR count). The van der Waals surface area contributed by atoms with E-state index in [-0.39, 0.29) is 5.91 Å². The number of rotatable bonds is 2. The lowest BCUT2D eigenvalue weighted by Crippen LogP contribution is -2.46. The Morgan fingerprint density at radius 1 is 1.30 bits per heavy atom. The zero-order valence-corrected chi connectivity index (χ0v) is 13.0. The Labute approximate surface area is 128 Å². The van der Waals surface area contributed by atoms with Gasteiger partial charge in [0.2, 0.25) is 0 Å². The quantitative estimate of drug-likeness (QED) is 0.909. The molecule has 1 unspecified atom stereocenters. The first-order chi connectivity index (χ1) is 9.65. The molecule has 110 valence electrons. The van der Waals surface area contributed by atoms with Crippen molar-refractivity contribution >= 4 is 28.8 Å². The van der Waals surface area contributed by atoms with Crippen LogP contribution < -0.4 is 5.73 Å². The van der Waals surface area contributed by atoms with Crippen LogP contribution in [0.2, 0.25) is 5.02 Å². The van der Waals surface area contributed by atoms with Crippen LogP contribution in [0.4, 0.5) is 0 Å². The maximum absolute atomic E-state index is 12.4. The third-order valence-electron chi connectivity index (χ3n) is 4.35. The van der Waals surface area contributed by atoms with Crippen molar-refractivity contribution < 1.29 is 4.79 Å². The molecule has 2 N–H and O–H groups in total. The molecule has 1 aromatic rings. The lowest BCUT2D eigenvalue weighted by Gasteiger charge is -2.34. The minimum absolute atomic E-state index is 0.0845. The number of hydrogen-bond acceptors (Lipinski definition) is 4. The van der Waals surface area contributed by atoms with Crippen LogP contribution in [0.25, 0.3) is 0 Å². The zero-order valence-electron chi connectivity index (χ0n) is 11.4. The van der Waals surface area contributed by atoms with Crippen molar-refractivity contribution in [1.29, 1.82) is 0 Å². The van der Waals surface area contributed by atoms with Crippen LogP contribution in [0, 0.1) is 0 Å². The second-order valence-corrected chi connectivity index (χ2v) is 6.99. The fraction of sp³-hybridized carbons (Fsp3) is 0.643. The van der Waals surface area contributed by atoms with Crippen LogP contribution in [0.1, 0.15) is 28.9 Å². The molecule has 2 saturated heterocycles. The SMILES string of the molecule is NC1CCN(C2CCN(C(=O)c3sccc3Cl)C2)CC1. The standard InChI is InChI=1S/C14H20ClN3OS/c15-12-4-8-20-13(12)14(19)18-7-3-11(9-18)17-5-1-10(16)2-6-17/h4,8,10-11H,1-3,5-7,9,16H2. The molecule has 0 saturated carbocycles. The number of nitrogens with two attached hydrogens (primary N) is 1. The van der Waals surface area contributed by atoms with E-state index in [1.807, 2.05) is 10.3 Å². The van der Waals surface area contributed by atoms with Crippen molar-refractivity contribution in [2.75, 3.05) is 26.2 Å². The number of piperidine rings is 1. The lowest BCUT2D eigenvalue weighted by molar-refractivity contribution is 0.0774. The van der Waals surface area contributed by atoms with E-state index in [0.717, 1.165) is 45.4 Å². The van der Waals surface area contributed by atoms with Crippen LogP contribution in [0.15, 0.2) is 11.4 Å². The minimum atomic E-state index is 0.0845. The number of hydrogen-bond donors (Lipinski definition) is 1. The normalized spacial score (nSPS) is 25.3. The highest BCUT2D eigenvalue weighted by atomic mass is 35.5. The molecule has 1 aromatic heterocycles. The van der Waals surface area contributed by atoms with E-state index in [9.17, 15) is 4.79 Å². The molecule has 2 aliphatic rings. The predicted molar refractivity (Wildman–Crippen MR) is 82.4 cm³/mol. The molecule has 0 bridgehead atoms. The number of likely N-dealkylation sites (tertiary alicyclic amines) is 2. The van der Waals surface area contributed by atoms with Gasteiger partial charge in [0.25, 0.3) is 5.91 Å². The number of amides is 1. The largest absolute Gasteiger partial charge is 0.336 e. The highest BCUT2D eigenvalue weighted by Gasteiger charge is 2.33. The first-order valence-electron chi connectivity index (χ1n) is 7.17. The average molecular weight is 314 g/mol. The topological polar surface area (TPSA) is 49.6 Å². The smallest absolute Gasteiger partial charge is 0.265 e. The zero-order chi connectivity index (χ0) is 14.1. The summed E-state index contributed by atoms with van der Waals surface area (Å²) in [6.07, 6.45) is 3.20. The van der Waals surface area contributed by atoms with E-state index in [1.54, 1.807) is 6.07 Å². The summed E-state index contributed by atoms with van der Waals surface area (Å²) in [5, 5.41) is 2.45. The van der Waals surface area contributed by atoms with Crippen LogP contribution in [-0.2, 0) is 0 Å². The van der Waals surface area contributed by atoms with Crippen LogP contribution in [0.5, 0.6) is 0 Å². The Morgan fingerprint density at radius 2 is 2.05 bits per heavy atom. The number of nitrogens with zero attached hydrogens (tertiary/aromatic N) is 2. The van der Waals surface area contributed by atoms with Gasteiger partial charge in [-0.3, -0.25) is 9.69 Å². The molecule has 20 heavy (non-hydrogen) atoms. The van der Waals surface area contributed by atoms with Gasteiger partial charge in [-0.15, -0.1) is 11.3 Å². The fourth-order valence-corrected chi connectivity index (χ4v) is 4.20.